The second-order valence-corrected chi connectivity index (χ2v) is 5.25. The van der Waals surface area contributed by atoms with E-state index in [4.69, 9.17) is 4.74 Å². The van der Waals surface area contributed by atoms with E-state index in [1.54, 1.807) is 0 Å². The molecule has 0 spiro atoms. The molecular weight excluding hydrogens is 204 g/mol. The van der Waals surface area contributed by atoms with Crippen molar-refractivity contribution >= 4 is 5.97 Å². The van der Waals surface area contributed by atoms with Crippen LogP contribution in [0.15, 0.2) is 0 Å². The Morgan fingerprint density at radius 2 is 1.62 bits per heavy atom. The summed E-state index contributed by atoms with van der Waals surface area (Å²) >= 11 is 0. The largest absolute Gasteiger partial charge is 0.465 e. The van der Waals surface area contributed by atoms with Gasteiger partial charge in [-0.1, -0.05) is 25.7 Å². The van der Waals surface area contributed by atoms with Gasteiger partial charge in [0.05, 0.1) is 17.6 Å². The molecule has 0 aromatic rings. The van der Waals surface area contributed by atoms with Gasteiger partial charge in [0.1, 0.15) is 0 Å². The Balaban J connectivity index is 2.24. The minimum absolute atomic E-state index is 0.156. The quantitative estimate of drug-likeness (QED) is 0.752. The van der Waals surface area contributed by atoms with Crippen molar-refractivity contribution in [3.63, 3.8) is 0 Å². The SMILES string of the molecule is CCOC(=O)C1(C2(O)CCCC2)CCCC1. The van der Waals surface area contributed by atoms with Crippen molar-refractivity contribution in [1.82, 2.24) is 0 Å². The Labute approximate surface area is 97.2 Å². The maximum Gasteiger partial charge on any atom is 0.314 e. The van der Waals surface area contributed by atoms with Crippen molar-refractivity contribution in [3.05, 3.63) is 0 Å². The molecule has 1 N–H and O–H groups in total. The highest BCUT2D eigenvalue weighted by Gasteiger charge is 2.58. The molecule has 2 aliphatic carbocycles. The lowest BCUT2D eigenvalue weighted by Crippen LogP contribution is -2.50. The smallest absolute Gasteiger partial charge is 0.314 e. The van der Waals surface area contributed by atoms with E-state index >= 15 is 0 Å². The summed E-state index contributed by atoms with van der Waals surface area (Å²) < 4.78 is 5.21. The van der Waals surface area contributed by atoms with Crippen LogP contribution in [0.5, 0.6) is 0 Å². The monoisotopic (exact) mass is 226 g/mol. The van der Waals surface area contributed by atoms with Gasteiger partial charge in [-0.2, -0.15) is 0 Å². The second kappa shape index (κ2) is 4.36. The summed E-state index contributed by atoms with van der Waals surface area (Å²) in [5.74, 6) is -0.156. The molecule has 2 rings (SSSR count). The fraction of sp³-hybridized carbons (Fsp3) is 0.923. The van der Waals surface area contributed by atoms with Gasteiger partial charge in [0.25, 0.3) is 0 Å². The first-order chi connectivity index (χ1) is 7.65. The fourth-order valence-electron chi connectivity index (χ4n) is 3.55. The molecule has 0 aliphatic heterocycles. The molecule has 0 unspecified atom stereocenters. The molecule has 2 saturated carbocycles. The van der Waals surface area contributed by atoms with Crippen LogP contribution in [0.1, 0.15) is 58.3 Å². The maximum atomic E-state index is 12.2. The molecule has 0 bridgehead atoms. The molecule has 16 heavy (non-hydrogen) atoms. The van der Waals surface area contributed by atoms with E-state index in [2.05, 4.69) is 0 Å². The molecule has 0 atom stereocenters. The lowest BCUT2D eigenvalue weighted by atomic mass is 9.69. The van der Waals surface area contributed by atoms with Crippen LogP contribution in [0, 0.1) is 5.41 Å². The molecule has 0 aromatic heterocycles. The highest BCUT2D eigenvalue weighted by molar-refractivity contribution is 5.79. The fourth-order valence-corrected chi connectivity index (χ4v) is 3.55. The summed E-state index contributed by atoms with van der Waals surface area (Å²) in [4.78, 5) is 12.2. The minimum atomic E-state index is -0.782. The van der Waals surface area contributed by atoms with Gasteiger partial charge >= 0.3 is 5.97 Å². The Kier molecular flexibility index (Phi) is 3.24. The lowest BCUT2D eigenvalue weighted by Gasteiger charge is -2.40. The molecule has 0 heterocycles. The number of carbonyl (C=O) groups excluding carboxylic acids is 1. The zero-order chi connectivity index (χ0) is 11.6. The summed E-state index contributed by atoms with van der Waals surface area (Å²) in [6.07, 6.45) is 7.32. The number of aliphatic hydroxyl groups is 1. The number of carbonyl (C=O) groups is 1. The molecule has 0 aromatic carbocycles. The first-order valence-corrected chi connectivity index (χ1v) is 6.54. The summed E-state index contributed by atoms with van der Waals surface area (Å²) in [7, 11) is 0. The van der Waals surface area contributed by atoms with E-state index in [0.29, 0.717) is 6.61 Å². The normalized spacial score (nSPS) is 26.9. The third-order valence-corrected chi connectivity index (χ3v) is 4.44. The minimum Gasteiger partial charge on any atom is -0.465 e. The number of ether oxygens (including phenoxy) is 1. The van der Waals surface area contributed by atoms with E-state index in [0.717, 1.165) is 51.4 Å². The predicted molar refractivity (Wildman–Crippen MR) is 61.0 cm³/mol. The van der Waals surface area contributed by atoms with Crippen LogP contribution in [-0.4, -0.2) is 23.3 Å². The van der Waals surface area contributed by atoms with Gasteiger partial charge < -0.3 is 9.84 Å². The van der Waals surface area contributed by atoms with Gasteiger partial charge in [-0.15, -0.1) is 0 Å². The van der Waals surface area contributed by atoms with E-state index in [1.807, 2.05) is 6.92 Å². The lowest BCUT2D eigenvalue weighted by molar-refractivity contribution is -0.174. The van der Waals surface area contributed by atoms with Crippen molar-refractivity contribution in [3.8, 4) is 0 Å². The summed E-state index contributed by atoms with van der Waals surface area (Å²) in [6, 6.07) is 0. The van der Waals surface area contributed by atoms with Crippen LogP contribution in [-0.2, 0) is 9.53 Å². The number of hydrogen-bond acceptors (Lipinski definition) is 3. The molecule has 0 amide bonds. The first-order valence-electron chi connectivity index (χ1n) is 6.54. The molecule has 2 fully saturated rings. The average molecular weight is 226 g/mol. The maximum absolute atomic E-state index is 12.2. The van der Waals surface area contributed by atoms with Crippen molar-refractivity contribution in [1.29, 1.82) is 0 Å². The van der Waals surface area contributed by atoms with E-state index in [9.17, 15) is 9.90 Å². The van der Waals surface area contributed by atoms with Gasteiger partial charge in [-0.05, 0) is 32.6 Å². The van der Waals surface area contributed by atoms with Crippen molar-refractivity contribution in [2.24, 2.45) is 5.41 Å². The van der Waals surface area contributed by atoms with Gasteiger partial charge in [0.2, 0.25) is 0 Å². The van der Waals surface area contributed by atoms with Crippen LogP contribution in [0.25, 0.3) is 0 Å². The van der Waals surface area contributed by atoms with Gasteiger partial charge in [-0.3, -0.25) is 4.79 Å². The Morgan fingerprint density at radius 3 is 2.12 bits per heavy atom. The molecular formula is C13H22O3. The highest BCUT2D eigenvalue weighted by atomic mass is 16.5. The standard InChI is InChI=1S/C13H22O3/c1-2-16-11(14)12(7-3-4-8-12)13(15)9-5-6-10-13/h15H,2-10H2,1H3. The topological polar surface area (TPSA) is 46.5 Å². The van der Waals surface area contributed by atoms with Crippen LogP contribution in [0.2, 0.25) is 0 Å². The van der Waals surface area contributed by atoms with Crippen LogP contribution < -0.4 is 0 Å². The van der Waals surface area contributed by atoms with E-state index in [-0.39, 0.29) is 5.97 Å². The van der Waals surface area contributed by atoms with Crippen LogP contribution >= 0.6 is 0 Å². The highest BCUT2D eigenvalue weighted by Crippen LogP contribution is 2.53. The van der Waals surface area contributed by atoms with Gasteiger partial charge in [0, 0.05) is 0 Å². The van der Waals surface area contributed by atoms with Crippen LogP contribution in [0.3, 0.4) is 0 Å². The van der Waals surface area contributed by atoms with Crippen molar-refractivity contribution in [2.45, 2.75) is 63.9 Å². The molecule has 92 valence electrons. The molecule has 0 radical (unpaired) electrons. The predicted octanol–water partition coefficient (Wildman–Crippen LogP) is 2.42. The van der Waals surface area contributed by atoms with Crippen LogP contribution in [0.4, 0.5) is 0 Å². The van der Waals surface area contributed by atoms with Crippen molar-refractivity contribution in [2.75, 3.05) is 6.61 Å². The summed E-state index contributed by atoms with van der Waals surface area (Å²) in [5, 5.41) is 10.7. The Hall–Kier alpha value is -0.570. The summed E-state index contributed by atoms with van der Waals surface area (Å²) in [5.41, 5.74) is -1.37. The van der Waals surface area contributed by atoms with Gasteiger partial charge in [-0.25, -0.2) is 0 Å². The number of hydrogen-bond donors (Lipinski definition) is 1. The van der Waals surface area contributed by atoms with E-state index in [1.165, 1.54) is 0 Å². The zero-order valence-corrected chi connectivity index (χ0v) is 10.1. The molecule has 3 heteroatoms. The Morgan fingerprint density at radius 1 is 1.12 bits per heavy atom. The number of esters is 1. The van der Waals surface area contributed by atoms with Crippen molar-refractivity contribution < 1.29 is 14.6 Å². The number of rotatable bonds is 3. The average Bonchev–Trinajstić information content (AvgIpc) is 2.87. The molecule has 2 aliphatic rings. The zero-order valence-electron chi connectivity index (χ0n) is 10.1. The second-order valence-electron chi connectivity index (χ2n) is 5.25. The van der Waals surface area contributed by atoms with E-state index < -0.39 is 11.0 Å². The Bertz CT molecular complexity index is 260. The third kappa shape index (κ3) is 1.65. The molecule has 0 saturated heterocycles. The first kappa shape index (κ1) is 11.9. The third-order valence-electron chi connectivity index (χ3n) is 4.44. The van der Waals surface area contributed by atoms with Gasteiger partial charge in [0.15, 0.2) is 0 Å². The summed E-state index contributed by atoms with van der Waals surface area (Å²) in [6.45, 7) is 2.25. The molecule has 3 nitrogen and oxygen atoms in total.